The zero-order valence-electron chi connectivity index (χ0n) is 13.7. The molecule has 3 nitrogen and oxygen atoms in total. The second-order valence-corrected chi connectivity index (χ2v) is 6.32. The van der Waals surface area contributed by atoms with Gasteiger partial charge in [0.2, 0.25) is 0 Å². The maximum Gasteiger partial charge on any atom is 0.170 e. The number of thiocarbonyl (C=S) groups is 1. The van der Waals surface area contributed by atoms with E-state index in [0.29, 0.717) is 5.11 Å². The Balaban J connectivity index is 1.60. The van der Waals surface area contributed by atoms with E-state index in [0.717, 1.165) is 18.7 Å². The van der Waals surface area contributed by atoms with E-state index in [9.17, 15) is 4.39 Å². The molecule has 3 N–H and O–H groups in total. The lowest BCUT2D eigenvalue weighted by molar-refractivity contribution is 0.628. The summed E-state index contributed by atoms with van der Waals surface area (Å²) < 4.78 is 12.9. The van der Waals surface area contributed by atoms with Gasteiger partial charge in [-0.05, 0) is 74.4 Å². The predicted molar refractivity (Wildman–Crippen MR) is 102 cm³/mol. The van der Waals surface area contributed by atoms with Crippen molar-refractivity contribution in [3.8, 4) is 0 Å². The number of hydrogen-bond donors (Lipinski definition) is 3. The topological polar surface area (TPSA) is 39.9 Å². The first-order valence-corrected chi connectivity index (χ1v) is 8.32. The fourth-order valence-electron chi connectivity index (χ4n) is 2.83. The molecule has 0 aliphatic carbocycles. The van der Waals surface area contributed by atoms with Gasteiger partial charge in [-0.15, -0.1) is 0 Å². The molecule has 1 heterocycles. The molecule has 0 saturated carbocycles. The Labute approximate surface area is 146 Å². The largest absolute Gasteiger partial charge is 0.362 e. The number of halogens is 1. The van der Waals surface area contributed by atoms with Crippen molar-refractivity contribution in [3.63, 3.8) is 0 Å². The summed E-state index contributed by atoms with van der Waals surface area (Å²) in [6, 6.07) is 12.6. The molecule has 124 valence electrons. The number of aromatic amines is 1. The lowest BCUT2D eigenvalue weighted by Gasteiger charge is -2.10. The third-order valence-corrected chi connectivity index (χ3v) is 4.28. The summed E-state index contributed by atoms with van der Waals surface area (Å²) in [7, 11) is 0. The fraction of sp³-hybridized carbons (Fsp3) is 0.211. The Morgan fingerprint density at radius 3 is 2.62 bits per heavy atom. The number of hydrogen-bond acceptors (Lipinski definition) is 1. The van der Waals surface area contributed by atoms with E-state index in [1.54, 1.807) is 12.1 Å². The second kappa shape index (κ2) is 7.01. The second-order valence-electron chi connectivity index (χ2n) is 5.92. The smallest absolute Gasteiger partial charge is 0.170 e. The van der Waals surface area contributed by atoms with Gasteiger partial charge in [-0.1, -0.05) is 11.6 Å². The van der Waals surface area contributed by atoms with Gasteiger partial charge in [-0.3, -0.25) is 0 Å². The Kier molecular flexibility index (Phi) is 4.81. The molecule has 24 heavy (non-hydrogen) atoms. The van der Waals surface area contributed by atoms with E-state index in [2.05, 4.69) is 47.7 Å². The van der Waals surface area contributed by atoms with Crippen LogP contribution in [0.25, 0.3) is 10.9 Å². The van der Waals surface area contributed by atoms with Crippen LogP contribution < -0.4 is 10.6 Å². The highest BCUT2D eigenvalue weighted by molar-refractivity contribution is 7.80. The average molecular weight is 341 g/mol. The van der Waals surface area contributed by atoms with E-state index in [1.807, 2.05) is 0 Å². The molecule has 0 aliphatic rings. The molecule has 0 fully saturated rings. The summed E-state index contributed by atoms with van der Waals surface area (Å²) in [5.41, 5.74) is 5.69. The van der Waals surface area contributed by atoms with Crippen LogP contribution in [-0.2, 0) is 6.42 Å². The number of aryl methyl sites for hydroxylation is 2. The van der Waals surface area contributed by atoms with Crippen molar-refractivity contribution in [1.29, 1.82) is 0 Å². The maximum atomic E-state index is 12.9. The zero-order chi connectivity index (χ0) is 17.1. The highest BCUT2D eigenvalue weighted by Gasteiger charge is 2.08. The minimum absolute atomic E-state index is 0.260. The minimum atomic E-state index is -0.260. The third kappa shape index (κ3) is 3.74. The number of benzene rings is 2. The molecule has 0 atom stereocenters. The lowest BCUT2D eigenvalue weighted by atomic mass is 10.1. The van der Waals surface area contributed by atoms with Gasteiger partial charge >= 0.3 is 0 Å². The summed E-state index contributed by atoms with van der Waals surface area (Å²) in [4.78, 5) is 3.43. The lowest BCUT2D eigenvalue weighted by Crippen LogP contribution is -2.30. The average Bonchev–Trinajstić information content (AvgIpc) is 2.85. The fourth-order valence-corrected chi connectivity index (χ4v) is 3.05. The molecule has 0 amide bonds. The van der Waals surface area contributed by atoms with Crippen molar-refractivity contribution in [1.82, 2.24) is 10.3 Å². The first-order chi connectivity index (χ1) is 11.5. The Morgan fingerprint density at radius 1 is 1.12 bits per heavy atom. The van der Waals surface area contributed by atoms with Crippen LogP contribution in [0.4, 0.5) is 10.1 Å². The molecule has 0 saturated heterocycles. The molecule has 0 unspecified atom stereocenters. The number of H-pyrrole nitrogens is 1. The Hall–Kier alpha value is -2.40. The standard InChI is InChI=1S/C19H20FN3S/c1-12-3-8-18-17(11-12)16(13(2)22-18)9-10-21-19(24)23-15-6-4-14(20)5-7-15/h3-8,11,22H,9-10H2,1-2H3,(H2,21,23,24). The van der Waals surface area contributed by atoms with E-state index < -0.39 is 0 Å². The van der Waals surface area contributed by atoms with Gasteiger partial charge < -0.3 is 15.6 Å². The van der Waals surface area contributed by atoms with Gasteiger partial charge in [0.25, 0.3) is 0 Å². The van der Waals surface area contributed by atoms with Crippen LogP contribution in [0.3, 0.4) is 0 Å². The van der Waals surface area contributed by atoms with E-state index in [-0.39, 0.29) is 5.82 Å². The summed E-state index contributed by atoms with van der Waals surface area (Å²) in [5.74, 6) is -0.260. The van der Waals surface area contributed by atoms with Crippen molar-refractivity contribution in [2.24, 2.45) is 0 Å². The van der Waals surface area contributed by atoms with Gasteiger partial charge in [-0.25, -0.2) is 4.39 Å². The summed E-state index contributed by atoms with van der Waals surface area (Å²) >= 11 is 5.29. The molecular weight excluding hydrogens is 321 g/mol. The molecular formula is C19H20FN3S. The number of aromatic nitrogens is 1. The van der Waals surface area contributed by atoms with Gasteiger partial charge in [0.05, 0.1) is 0 Å². The van der Waals surface area contributed by atoms with Crippen molar-refractivity contribution >= 4 is 33.9 Å². The van der Waals surface area contributed by atoms with Crippen LogP contribution in [0, 0.1) is 19.7 Å². The number of fused-ring (bicyclic) bond motifs is 1. The van der Waals surface area contributed by atoms with Crippen LogP contribution in [0.2, 0.25) is 0 Å². The van der Waals surface area contributed by atoms with E-state index in [1.165, 1.54) is 39.9 Å². The molecule has 3 rings (SSSR count). The van der Waals surface area contributed by atoms with Crippen molar-refractivity contribution in [2.75, 3.05) is 11.9 Å². The van der Waals surface area contributed by atoms with Gasteiger partial charge in [-0.2, -0.15) is 0 Å². The minimum Gasteiger partial charge on any atom is -0.362 e. The molecule has 1 aromatic heterocycles. The van der Waals surface area contributed by atoms with E-state index in [4.69, 9.17) is 12.2 Å². The first-order valence-electron chi connectivity index (χ1n) is 7.91. The van der Waals surface area contributed by atoms with Crippen molar-refractivity contribution in [2.45, 2.75) is 20.3 Å². The summed E-state index contributed by atoms with van der Waals surface area (Å²) in [5, 5.41) is 8.07. The molecule has 0 spiro atoms. The molecule has 0 radical (unpaired) electrons. The molecule has 2 aromatic carbocycles. The van der Waals surface area contributed by atoms with Crippen molar-refractivity contribution < 1.29 is 4.39 Å². The van der Waals surface area contributed by atoms with Gasteiger partial charge in [0, 0.05) is 28.8 Å². The van der Waals surface area contributed by atoms with Crippen LogP contribution in [0.1, 0.15) is 16.8 Å². The van der Waals surface area contributed by atoms with Crippen LogP contribution >= 0.6 is 12.2 Å². The van der Waals surface area contributed by atoms with Crippen LogP contribution in [-0.4, -0.2) is 16.6 Å². The quantitative estimate of drug-likeness (QED) is 0.614. The number of nitrogens with one attached hydrogen (secondary N) is 3. The van der Waals surface area contributed by atoms with Gasteiger partial charge in [0.15, 0.2) is 5.11 Å². The normalized spacial score (nSPS) is 10.8. The predicted octanol–water partition coefficient (Wildman–Crippen LogP) is 4.45. The summed E-state index contributed by atoms with van der Waals surface area (Å²) in [6.45, 7) is 4.93. The van der Waals surface area contributed by atoms with Gasteiger partial charge in [0.1, 0.15) is 5.82 Å². The highest BCUT2D eigenvalue weighted by atomic mass is 32.1. The van der Waals surface area contributed by atoms with Crippen LogP contribution in [0.15, 0.2) is 42.5 Å². The molecule has 0 bridgehead atoms. The maximum absolute atomic E-state index is 12.9. The van der Waals surface area contributed by atoms with Crippen LogP contribution in [0.5, 0.6) is 0 Å². The first kappa shape index (κ1) is 16.5. The SMILES string of the molecule is Cc1ccc2[nH]c(C)c(CCNC(=S)Nc3ccc(F)cc3)c2c1. The molecule has 0 aliphatic heterocycles. The number of rotatable bonds is 4. The monoisotopic (exact) mass is 341 g/mol. The molecule has 5 heteroatoms. The number of anilines is 1. The Morgan fingerprint density at radius 2 is 1.88 bits per heavy atom. The summed E-state index contributed by atoms with van der Waals surface area (Å²) in [6.07, 6.45) is 0.876. The molecule has 3 aromatic rings. The zero-order valence-corrected chi connectivity index (χ0v) is 14.6. The van der Waals surface area contributed by atoms with E-state index >= 15 is 0 Å². The van der Waals surface area contributed by atoms with Crippen molar-refractivity contribution in [3.05, 3.63) is 65.1 Å². The Bertz CT molecular complexity index is 868. The highest BCUT2D eigenvalue weighted by Crippen LogP contribution is 2.23. The third-order valence-electron chi connectivity index (χ3n) is 4.04.